The summed E-state index contributed by atoms with van der Waals surface area (Å²) in [5, 5.41) is 3.06. The van der Waals surface area contributed by atoms with Gasteiger partial charge < -0.3 is 11.1 Å². The van der Waals surface area contributed by atoms with Gasteiger partial charge >= 0.3 is 0 Å². The van der Waals surface area contributed by atoms with Crippen LogP contribution in [0, 0.1) is 6.92 Å². The zero-order valence-electron chi connectivity index (χ0n) is 12.9. The van der Waals surface area contributed by atoms with Gasteiger partial charge in [0, 0.05) is 18.3 Å². The van der Waals surface area contributed by atoms with E-state index in [1.165, 1.54) is 5.56 Å². The van der Waals surface area contributed by atoms with Crippen molar-refractivity contribution in [1.82, 2.24) is 10.3 Å². The second kappa shape index (κ2) is 8.51. The summed E-state index contributed by atoms with van der Waals surface area (Å²) >= 11 is 0. The molecule has 1 aromatic carbocycles. The van der Waals surface area contributed by atoms with Gasteiger partial charge in [-0.05, 0) is 31.0 Å². The number of amides is 1. The molecule has 1 amide bonds. The number of rotatable bonds is 5. The number of aryl methyl sites for hydroxylation is 1. The quantitative estimate of drug-likeness (QED) is 0.889. The van der Waals surface area contributed by atoms with E-state index in [0.29, 0.717) is 17.8 Å². The van der Waals surface area contributed by atoms with Crippen molar-refractivity contribution in [1.29, 1.82) is 0 Å². The fourth-order valence-corrected chi connectivity index (χ4v) is 2.19. The molecule has 118 valence electrons. The molecule has 0 saturated heterocycles. The summed E-state index contributed by atoms with van der Waals surface area (Å²) in [6.07, 6.45) is 2.45. The van der Waals surface area contributed by atoms with Crippen molar-refractivity contribution in [2.75, 3.05) is 0 Å². The lowest BCUT2D eigenvalue weighted by Crippen LogP contribution is -2.28. The Kier molecular flexibility index (Phi) is 7.02. The zero-order chi connectivity index (χ0) is 15.2. The maximum absolute atomic E-state index is 12.3. The minimum atomic E-state index is -0.0977. The van der Waals surface area contributed by atoms with Crippen LogP contribution in [-0.2, 0) is 6.54 Å². The molecule has 2 rings (SSSR count). The van der Waals surface area contributed by atoms with Gasteiger partial charge in [0.2, 0.25) is 0 Å². The van der Waals surface area contributed by atoms with Gasteiger partial charge in [0.1, 0.15) is 0 Å². The second-order valence-corrected chi connectivity index (χ2v) is 5.08. The van der Waals surface area contributed by atoms with Crippen LogP contribution in [-0.4, -0.2) is 10.9 Å². The van der Waals surface area contributed by atoms with E-state index in [1.807, 2.05) is 0 Å². The van der Waals surface area contributed by atoms with E-state index >= 15 is 0 Å². The van der Waals surface area contributed by atoms with Gasteiger partial charge in [-0.3, -0.25) is 9.78 Å². The standard InChI is InChI=1S/C17H21N3O.ClH/c1-3-16(13-6-4-12(2)5-7-13)20-17(21)14-8-9-19-15(10-14)11-18;/h4-10,16H,3,11,18H2,1-2H3,(H,20,21);1H. The molecule has 0 aliphatic rings. The molecule has 1 heterocycles. The molecule has 22 heavy (non-hydrogen) atoms. The van der Waals surface area contributed by atoms with Gasteiger partial charge in [0.15, 0.2) is 0 Å². The first-order valence-electron chi connectivity index (χ1n) is 7.16. The predicted molar refractivity (Wildman–Crippen MR) is 91.1 cm³/mol. The Morgan fingerprint density at radius 1 is 1.27 bits per heavy atom. The van der Waals surface area contributed by atoms with Gasteiger partial charge in [-0.1, -0.05) is 36.8 Å². The van der Waals surface area contributed by atoms with Crippen LogP contribution in [0.5, 0.6) is 0 Å². The Bertz CT molecular complexity index is 614. The highest BCUT2D eigenvalue weighted by Gasteiger charge is 2.14. The van der Waals surface area contributed by atoms with Gasteiger partial charge in [-0.25, -0.2) is 0 Å². The van der Waals surface area contributed by atoms with Crippen LogP contribution < -0.4 is 11.1 Å². The highest BCUT2D eigenvalue weighted by Crippen LogP contribution is 2.18. The van der Waals surface area contributed by atoms with Crippen molar-refractivity contribution in [3.63, 3.8) is 0 Å². The monoisotopic (exact) mass is 319 g/mol. The van der Waals surface area contributed by atoms with Gasteiger partial charge in [0.25, 0.3) is 5.91 Å². The molecule has 1 atom stereocenters. The summed E-state index contributed by atoms with van der Waals surface area (Å²) in [5.74, 6) is -0.0977. The SMILES string of the molecule is CCC(NC(=O)c1ccnc(CN)c1)c1ccc(C)cc1.Cl. The number of nitrogens with zero attached hydrogens (tertiary/aromatic N) is 1. The summed E-state index contributed by atoms with van der Waals surface area (Å²) in [7, 11) is 0. The van der Waals surface area contributed by atoms with Gasteiger partial charge in [0.05, 0.1) is 11.7 Å². The van der Waals surface area contributed by atoms with Crippen LogP contribution in [0.3, 0.4) is 0 Å². The first kappa shape index (κ1) is 18.1. The smallest absolute Gasteiger partial charge is 0.251 e. The maximum atomic E-state index is 12.3. The molecule has 0 spiro atoms. The minimum Gasteiger partial charge on any atom is -0.345 e. The third-order valence-electron chi connectivity index (χ3n) is 3.48. The maximum Gasteiger partial charge on any atom is 0.251 e. The molecule has 0 aliphatic carbocycles. The number of benzene rings is 1. The van der Waals surface area contributed by atoms with Gasteiger partial charge in [-0.2, -0.15) is 0 Å². The average molecular weight is 320 g/mol. The van der Waals surface area contributed by atoms with Crippen LogP contribution in [0.4, 0.5) is 0 Å². The summed E-state index contributed by atoms with van der Waals surface area (Å²) < 4.78 is 0. The van der Waals surface area contributed by atoms with Crippen LogP contribution in [0.2, 0.25) is 0 Å². The van der Waals surface area contributed by atoms with Crippen molar-refractivity contribution in [2.24, 2.45) is 5.73 Å². The molecule has 1 unspecified atom stereocenters. The van der Waals surface area contributed by atoms with Crippen molar-refractivity contribution in [2.45, 2.75) is 32.9 Å². The van der Waals surface area contributed by atoms with Crippen molar-refractivity contribution < 1.29 is 4.79 Å². The molecular weight excluding hydrogens is 298 g/mol. The van der Waals surface area contributed by atoms with E-state index in [9.17, 15) is 4.79 Å². The third-order valence-corrected chi connectivity index (χ3v) is 3.48. The molecule has 2 aromatic rings. The molecule has 0 fully saturated rings. The summed E-state index contributed by atoms with van der Waals surface area (Å²) in [6.45, 7) is 4.44. The Morgan fingerprint density at radius 3 is 2.55 bits per heavy atom. The number of nitrogens with one attached hydrogen (secondary N) is 1. The molecular formula is C17H22ClN3O. The number of halogens is 1. The number of hydrogen-bond donors (Lipinski definition) is 2. The lowest BCUT2D eigenvalue weighted by molar-refractivity contribution is 0.0935. The molecule has 4 nitrogen and oxygen atoms in total. The Hall–Kier alpha value is -1.91. The molecule has 0 radical (unpaired) electrons. The predicted octanol–water partition coefficient (Wildman–Crippen LogP) is 3.15. The van der Waals surface area contributed by atoms with E-state index in [4.69, 9.17) is 5.73 Å². The highest BCUT2D eigenvalue weighted by molar-refractivity contribution is 5.94. The highest BCUT2D eigenvalue weighted by atomic mass is 35.5. The molecule has 5 heteroatoms. The lowest BCUT2D eigenvalue weighted by atomic mass is 10.0. The molecule has 0 aliphatic heterocycles. The van der Waals surface area contributed by atoms with Crippen LogP contribution >= 0.6 is 12.4 Å². The summed E-state index contributed by atoms with van der Waals surface area (Å²) in [6, 6.07) is 11.7. The Labute approximate surface area is 137 Å². The topological polar surface area (TPSA) is 68.0 Å². The molecule has 0 saturated carbocycles. The Morgan fingerprint density at radius 2 is 1.95 bits per heavy atom. The number of hydrogen-bond acceptors (Lipinski definition) is 3. The van der Waals surface area contributed by atoms with E-state index < -0.39 is 0 Å². The third kappa shape index (κ3) is 4.55. The largest absolute Gasteiger partial charge is 0.345 e. The summed E-state index contributed by atoms with van der Waals surface area (Å²) in [5.41, 5.74) is 9.19. The molecule has 1 aromatic heterocycles. The fraction of sp³-hybridized carbons (Fsp3) is 0.294. The van der Waals surface area contributed by atoms with Crippen molar-refractivity contribution in [3.8, 4) is 0 Å². The first-order chi connectivity index (χ1) is 10.1. The van der Waals surface area contributed by atoms with E-state index in [1.54, 1.807) is 18.3 Å². The first-order valence-corrected chi connectivity index (χ1v) is 7.16. The number of aromatic nitrogens is 1. The molecule has 3 N–H and O–H groups in total. The van der Waals surface area contributed by atoms with Crippen molar-refractivity contribution in [3.05, 3.63) is 65.0 Å². The Balaban J connectivity index is 0.00000242. The summed E-state index contributed by atoms with van der Waals surface area (Å²) in [4.78, 5) is 16.4. The lowest BCUT2D eigenvalue weighted by Gasteiger charge is -2.18. The number of carbonyl (C=O) groups is 1. The average Bonchev–Trinajstić information content (AvgIpc) is 2.53. The number of nitrogens with two attached hydrogens (primary N) is 1. The second-order valence-electron chi connectivity index (χ2n) is 5.08. The number of carbonyl (C=O) groups excluding carboxylic acids is 1. The van der Waals surface area contributed by atoms with E-state index in [-0.39, 0.29) is 24.4 Å². The van der Waals surface area contributed by atoms with E-state index in [0.717, 1.165) is 12.0 Å². The minimum absolute atomic E-state index is 0. The number of pyridine rings is 1. The molecule has 0 bridgehead atoms. The van der Waals surface area contributed by atoms with E-state index in [2.05, 4.69) is 48.4 Å². The van der Waals surface area contributed by atoms with Crippen LogP contribution in [0.25, 0.3) is 0 Å². The van der Waals surface area contributed by atoms with Crippen LogP contribution in [0.15, 0.2) is 42.6 Å². The van der Waals surface area contributed by atoms with Gasteiger partial charge in [-0.15, -0.1) is 12.4 Å². The van der Waals surface area contributed by atoms with Crippen molar-refractivity contribution >= 4 is 18.3 Å². The fourth-order valence-electron chi connectivity index (χ4n) is 2.19. The van der Waals surface area contributed by atoms with Crippen LogP contribution in [0.1, 0.15) is 46.6 Å². The zero-order valence-corrected chi connectivity index (χ0v) is 13.7. The normalized spacial score (nSPS) is 11.4.